The Kier molecular flexibility index (Phi) is 5.76. The van der Waals surface area contributed by atoms with Gasteiger partial charge in [0.2, 0.25) is 5.91 Å². The highest BCUT2D eigenvalue weighted by Gasteiger charge is 2.50. The van der Waals surface area contributed by atoms with Crippen LogP contribution in [0, 0.1) is 23.2 Å². The van der Waals surface area contributed by atoms with Crippen LogP contribution >= 0.6 is 0 Å². The number of piperazine rings is 1. The average Bonchev–Trinajstić information content (AvgIpc) is 3.51. The average molecular weight is 438 g/mol. The number of fused-ring (bicyclic) bond motifs is 1. The maximum atomic E-state index is 12.8. The second-order valence-electron chi connectivity index (χ2n) is 9.81. The molecule has 3 amide bonds. The summed E-state index contributed by atoms with van der Waals surface area (Å²) in [6.07, 6.45) is 2.20. The molecule has 0 radical (unpaired) electrons. The molecule has 170 valence electrons. The fraction of sp³-hybridized carbons (Fsp3) is 0.542. The van der Waals surface area contributed by atoms with Crippen LogP contribution in [-0.4, -0.2) is 59.6 Å². The number of primary amides is 1. The third kappa shape index (κ3) is 4.38. The largest absolute Gasteiger partial charge is 0.479 e. The molecule has 2 unspecified atom stereocenters. The zero-order chi connectivity index (χ0) is 23.0. The number of nitriles is 1. The molecule has 4 rings (SSSR count). The molecule has 8 heteroatoms. The lowest BCUT2D eigenvalue weighted by Gasteiger charge is -2.42. The molecule has 1 saturated carbocycles. The molecule has 1 aromatic carbocycles. The van der Waals surface area contributed by atoms with Gasteiger partial charge in [0.15, 0.2) is 6.61 Å². The summed E-state index contributed by atoms with van der Waals surface area (Å²) in [7, 11) is 0. The molecule has 1 saturated heterocycles. The summed E-state index contributed by atoms with van der Waals surface area (Å²) in [6, 6.07) is 9.20. The van der Waals surface area contributed by atoms with Crippen molar-refractivity contribution in [1.82, 2.24) is 15.1 Å². The van der Waals surface area contributed by atoms with Crippen molar-refractivity contribution in [2.24, 2.45) is 17.6 Å². The van der Waals surface area contributed by atoms with E-state index in [2.05, 4.69) is 10.2 Å². The molecule has 0 aromatic heterocycles. The molecular weight excluding hydrogens is 406 g/mol. The molecule has 8 nitrogen and oxygen atoms in total. The molecule has 0 bridgehead atoms. The van der Waals surface area contributed by atoms with E-state index >= 15 is 0 Å². The highest BCUT2D eigenvalue weighted by atomic mass is 16.5. The number of urea groups is 1. The van der Waals surface area contributed by atoms with Crippen LogP contribution in [0.25, 0.3) is 5.57 Å². The molecule has 3 N–H and O–H groups in total. The van der Waals surface area contributed by atoms with E-state index in [0.29, 0.717) is 31.3 Å². The van der Waals surface area contributed by atoms with Crippen LogP contribution in [0.15, 0.2) is 30.0 Å². The summed E-state index contributed by atoms with van der Waals surface area (Å²) in [5, 5.41) is 11.7. The summed E-state index contributed by atoms with van der Waals surface area (Å²) in [5.41, 5.74) is 8.76. The Bertz CT molecular complexity index is 969. The highest BCUT2D eigenvalue weighted by Crippen LogP contribution is 2.51. The topological polar surface area (TPSA) is 112 Å². The van der Waals surface area contributed by atoms with E-state index in [1.807, 2.05) is 51.1 Å². The molecule has 2 heterocycles. The molecule has 2 atom stereocenters. The number of amides is 3. The van der Waals surface area contributed by atoms with E-state index in [9.17, 15) is 9.59 Å². The monoisotopic (exact) mass is 437 g/mol. The van der Waals surface area contributed by atoms with Crippen LogP contribution in [-0.2, 0) is 4.79 Å². The van der Waals surface area contributed by atoms with E-state index in [0.717, 1.165) is 24.0 Å². The number of nitrogens with zero attached hydrogens (tertiary/aromatic N) is 3. The predicted octanol–water partition coefficient (Wildman–Crippen LogP) is 2.32. The van der Waals surface area contributed by atoms with Gasteiger partial charge in [-0.1, -0.05) is 12.1 Å². The van der Waals surface area contributed by atoms with Gasteiger partial charge in [0.25, 0.3) is 0 Å². The van der Waals surface area contributed by atoms with Crippen molar-refractivity contribution in [3.05, 3.63) is 35.5 Å². The van der Waals surface area contributed by atoms with Crippen molar-refractivity contribution >= 4 is 17.5 Å². The van der Waals surface area contributed by atoms with E-state index in [-0.39, 0.29) is 30.1 Å². The molecule has 1 aliphatic carbocycles. The number of nitrogens with two attached hydrogens (primary N) is 1. The number of carbonyl (C=O) groups is 2. The van der Waals surface area contributed by atoms with Gasteiger partial charge in [-0.15, -0.1) is 0 Å². The van der Waals surface area contributed by atoms with E-state index in [4.69, 9.17) is 15.7 Å². The number of hydrogen-bond acceptors (Lipinski definition) is 5. The third-order valence-corrected chi connectivity index (χ3v) is 6.21. The minimum absolute atomic E-state index is 0.0123. The minimum Gasteiger partial charge on any atom is -0.479 e. The first-order valence-electron chi connectivity index (χ1n) is 11.2. The smallest absolute Gasteiger partial charge is 0.317 e. The lowest BCUT2D eigenvalue weighted by atomic mass is 9.87. The highest BCUT2D eigenvalue weighted by molar-refractivity contribution is 5.94. The zero-order valence-electron chi connectivity index (χ0n) is 18.9. The van der Waals surface area contributed by atoms with Crippen LogP contribution in [0.4, 0.5) is 4.79 Å². The SMILES string of the molecule is CC(C)(C)NC(=O)N1CCN2C(C3CC3)=C(c3ccc(OCC#N)cc3)C(C(N)=O)C2C1. The van der Waals surface area contributed by atoms with Gasteiger partial charge < -0.3 is 25.6 Å². The fourth-order valence-electron chi connectivity index (χ4n) is 4.80. The number of rotatable bonds is 5. The van der Waals surface area contributed by atoms with Crippen molar-refractivity contribution in [1.29, 1.82) is 5.26 Å². The Balaban J connectivity index is 1.64. The summed E-state index contributed by atoms with van der Waals surface area (Å²) in [5.74, 6) is 0.191. The number of carbonyl (C=O) groups excluding carboxylic acids is 2. The Hall–Kier alpha value is -3.21. The first-order valence-corrected chi connectivity index (χ1v) is 11.2. The Morgan fingerprint density at radius 1 is 1.22 bits per heavy atom. The van der Waals surface area contributed by atoms with Gasteiger partial charge >= 0.3 is 6.03 Å². The summed E-state index contributed by atoms with van der Waals surface area (Å²) in [6.45, 7) is 7.60. The minimum atomic E-state index is -0.485. The molecular formula is C24H31N5O3. The molecule has 2 fully saturated rings. The number of nitrogens with one attached hydrogen (secondary N) is 1. The lowest BCUT2D eigenvalue weighted by molar-refractivity contribution is -0.121. The number of benzene rings is 1. The Morgan fingerprint density at radius 2 is 1.91 bits per heavy atom. The van der Waals surface area contributed by atoms with Crippen LogP contribution in [0.5, 0.6) is 5.75 Å². The molecule has 1 aromatic rings. The quantitative estimate of drug-likeness (QED) is 0.734. The van der Waals surface area contributed by atoms with E-state index in [1.165, 1.54) is 5.70 Å². The van der Waals surface area contributed by atoms with Gasteiger partial charge in [0.05, 0.1) is 12.0 Å². The van der Waals surface area contributed by atoms with Gasteiger partial charge in [-0.25, -0.2) is 4.79 Å². The summed E-state index contributed by atoms with van der Waals surface area (Å²) >= 11 is 0. The maximum absolute atomic E-state index is 12.8. The molecule has 32 heavy (non-hydrogen) atoms. The van der Waals surface area contributed by atoms with Crippen molar-refractivity contribution < 1.29 is 14.3 Å². The Morgan fingerprint density at radius 3 is 2.47 bits per heavy atom. The lowest BCUT2D eigenvalue weighted by Crippen LogP contribution is -2.59. The predicted molar refractivity (Wildman–Crippen MR) is 120 cm³/mol. The first-order chi connectivity index (χ1) is 15.2. The molecule has 2 aliphatic heterocycles. The van der Waals surface area contributed by atoms with Crippen molar-refractivity contribution in [3.63, 3.8) is 0 Å². The third-order valence-electron chi connectivity index (χ3n) is 6.21. The van der Waals surface area contributed by atoms with Crippen LogP contribution in [0.1, 0.15) is 39.2 Å². The van der Waals surface area contributed by atoms with Crippen molar-refractivity contribution in [3.8, 4) is 11.8 Å². The summed E-state index contributed by atoms with van der Waals surface area (Å²) < 4.78 is 5.38. The van der Waals surface area contributed by atoms with Crippen LogP contribution < -0.4 is 15.8 Å². The molecule has 0 spiro atoms. The van der Waals surface area contributed by atoms with Gasteiger partial charge in [0, 0.05) is 30.9 Å². The molecule has 3 aliphatic rings. The van der Waals surface area contributed by atoms with Gasteiger partial charge in [-0.05, 0) is 62.8 Å². The van der Waals surface area contributed by atoms with Crippen molar-refractivity contribution in [2.75, 3.05) is 26.2 Å². The number of hydrogen-bond donors (Lipinski definition) is 2. The van der Waals surface area contributed by atoms with Gasteiger partial charge in [-0.3, -0.25) is 4.79 Å². The van der Waals surface area contributed by atoms with Gasteiger partial charge in [0.1, 0.15) is 11.8 Å². The standard InChI is InChI=1S/C24H31N5O3/c1-24(2,3)27-23(31)28-11-12-29-18(14-28)20(22(26)30)19(21(29)16-4-5-16)15-6-8-17(9-7-15)32-13-10-25/h6-9,16,18,20H,4-5,11-14H2,1-3H3,(H2,26,30)(H,27,31). The summed E-state index contributed by atoms with van der Waals surface area (Å²) in [4.78, 5) is 29.7. The normalized spacial score (nSPS) is 22.9. The van der Waals surface area contributed by atoms with Crippen LogP contribution in [0.3, 0.4) is 0 Å². The Labute approximate surface area is 189 Å². The number of ether oxygens (including phenoxy) is 1. The second-order valence-corrected chi connectivity index (χ2v) is 9.81. The van der Waals surface area contributed by atoms with E-state index in [1.54, 1.807) is 4.90 Å². The zero-order valence-corrected chi connectivity index (χ0v) is 18.9. The second kappa shape index (κ2) is 8.38. The maximum Gasteiger partial charge on any atom is 0.317 e. The van der Waals surface area contributed by atoms with E-state index < -0.39 is 5.92 Å². The van der Waals surface area contributed by atoms with Crippen LogP contribution in [0.2, 0.25) is 0 Å². The fourth-order valence-corrected chi connectivity index (χ4v) is 4.80. The number of allylic oxidation sites excluding steroid dienone is 1. The first kappa shape index (κ1) is 22.0. The van der Waals surface area contributed by atoms with Crippen molar-refractivity contribution in [2.45, 2.75) is 45.2 Å². The van der Waals surface area contributed by atoms with Gasteiger partial charge in [-0.2, -0.15) is 5.26 Å².